The fraction of sp³-hybridized carbons (Fsp3) is 0.200. The third-order valence-corrected chi connectivity index (χ3v) is 2.18. The van der Waals surface area contributed by atoms with Gasteiger partial charge < -0.3 is 15.1 Å². The number of nitrogens with zero attached hydrogens (tertiary/aromatic N) is 1. The van der Waals surface area contributed by atoms with Gasteiger partial charge in [0.15, 0.2) is 0 Å². The first-order chi connectivity index (χ1) is 7.27. The van der Waals surface area contributed by atoms with Gasteiger partial charge in [-0.25, -0.2) is 4.98 Å². The average Bonchev–Trinajstić information content (AvgIpc) is 2.85. The van der Waals surface area contributed by atoms with Crippen LogP contribution < -0.4 is 0 Å². The maximum absolute atomic E-state index is 10.5. The first-order valence-corrected chi connectivity index (χ1v) is 4.64. The Morgan fingerprint density at radius 3 is 3.07 bits per heavy atom. The van der Waals surface area contributed by atoms with Crippen molar-refractivity contribution in [3.8, 4) is 11.3 Å². The van der Waals surface area contributed by atoms with Crippen molar-refractivity contribution in [3.63, 3.8) is 0 Å². The highest BCUT2D eigenvalue weighted by Crippen LogP contribution is 2.20. The minimum absolute atomic E-state index is 0.111. The Hall–Kier alpha value is -2.04. The zero-order valence-electron chi connectivity index (χ0n) is 8.03. The van der Waals surface area contributed by atoms with E-state index in [4.69, 9.17) is 5.11 Å². The molecule has 0 spiro atoms. The summed E-state index contributed by atoms with van der Waals surface area (Å²) >= 11 is 0. The summed E-state index contributed by atoms with van der Waals surface area (Å²) in [6.45, 7) is 0. The van der Waals surface area contributed by atoms with Crippen LogP contribution in [0.5, 0.6) is 0 Å². The van der Waals surface area contributed by atoms with E-state index in [-0.39, 0.29) is 6.42 Å². The average molecular weight is 205 g/mol. The summed E-state index contributed by atoms with van der Waals surface area (Å²) in [6.07, 6.45) is 5.81. The molecule has 0 aromatic carbocycles. The largest absolute Gasteiger partial charge is 0.481 e. The molecule has 0 amide bonds. The molecule has 2 rings (SSSR count). The van der Waals surface area contributed by atoms with Gasteiger partial charge in [-0.1, -0.05) is 0 Å². The van der Waals surface area contributed by atoms with E-state index in [1.807, 2.05) is 18.5 Å². The predicted molar refractivity (Wildman–Crippen MR) is 54.3 cm³/mol. The van der Waals surface area contributed by atoms with Crippen molar-refractivity contribution in [2.75, 3.05) is 0 Å². The van der Waals surface area contributed by atoms with Crippen LogP contribution in [-0.2, 0) is 11.2 Å². The highest BCUT2D eigenvalue weighted by atomic mass is 16.4. The van der Waals surface area contributed by atoms with Gasteiger partial charge >= 0.3 is 5.97 Å². The molecule has 78 valence electrons. The van der Waals surface area contributed by atoms with E-state index in [0.29, 0.717) is 6.42 Å². The van der Waals surface area contributed by atoms with Crippen LogP contribution in [0.15, 0.2) is 24.8 Å². The Morgan fingerprint density at radius 1 is 1.53 bits per heavy atom. The second kappa shape index (κ2) is 4.00. The van der Waals surface area contributed by atoms with Crippen LogP contribution in [0.25, 0.3) is 11.3 Å². The number of aryl methyl sites for hydroxylation is 1. The maximum atomic E-state index is 10.5. The van der Waals surface area contributed by atoms with Gasteiger partial charge in [0, 0.05) is 30.1 Å². The Kier molecular flexibility index (Phi) is 2.53. The third-order valence-electron chi connectivity index (χ3n) is 2.18. The SMILES string of the molecule is O=C(O)CCc1[nH]cnc1-c1cc[nH]c1. The number of imidazole rings is 1. The molecule has 0 saturated heterocycles. The third kappa shape index (κ3) is 2.07. The molecule has 0 unspecified atom stereocenters. The molecule has 0 aliphatic carbocycles. The normalized spacial score (nSPS) is 10.4. The molecule has 0 saturated carbocycles. The first-order valence-electron chi connectivity index (χ1n) is 4.64. The highest BCUT2D eigenvalue weighted by Gasteiger charge is 2.09. The Bertz CT molecular complexity index is 445. The highest BCUT2D eigenvalue weighted by molar-refractivity contribution is 5.68. The van der Waals surface area contributed by atoms with Crippen molar-refractivity contribution >= 4 is 5.97 Å². The van der Waals surface area contributed by atoms with Gasteiger partial charge in [0.25, 0.3) is 0 Å². The number of hydrogen-bond acceptors (Lipinski definition) is 2. The summed E-state index contributed by atoms with van der Waals surface area (Å²) in [5.41, 5.74) is 2.64. The van der Waals surface area contributed by atoms with Gasteiger partial charge in [0.1, 0.15) is 0 Å². The van der Waals surface area contributed by atoms with E-state index in [1.54, 1.807) is 6.33 Å². The number of nitrogens with one attached hydrogen (secondary N) is 2. The number of aromatic amines is 2. The number of aliphatic carboxylic acids is 1. The molecule has 0 aliphatic heterocycles. The van der Waals surface area contributed by atoms with E-state index in [1.165, 1.54) is 0 Å². The van der Waals surface area contributed by atoms with E-state index < -0.39 is 5.97 Å². The summed E-state index contributed by atoms with van der Waals surface area (Å²) in [4.78, 5) is 20.5. The van der Waals surface area contributed by atoms with Gasteiger partial charge in [-0.15, -0.1) is 0 Å². The number of carbonyl (C=O) groups is 1. The van der Waals surface area contributed by atoms with E-state index in [0.717, 1.165) is 17.0 Å². The molecule has 0 radical (unpaired) electrons. The Morgan fingerprint density at radius 2 is 2.40 bits per heavy atom. The van der Waals surface area contributed by atoms with Crippen molar-refractivity contribution in [1.29, 1.82) is 0 Å². The molecular formula is C10H11N3O2. The molecule has 0 aliphatic rings. The molecule has 0 atom stereocenters. The van der Waals surface area contributed by atoms with Crippen molar-refractivity contribution in [2.24, 2.45) is 0 Å². The van der Waals surface area contributed by atoms with E-state index in [2.05, 4.69) is 15.0 Å². The van der Waals surface area contributed by atoms with Crippen LogP contribution >= 0.6 is 0 Å². The fourth-order valence-corrected chi connectivity index (χ4v) is 1.46. The summed E-state index contributed by atoms with van der Waals surface area (Å²) in [6, 6.07) is 1.90. The minimum Gasteiger partial charge on any atom is -0.481 e. The smallest absolute Gasteiger partial charge is 0.303 e. The van der Waals surface area contributed by atoms with Gasteiger partial charge in [-0.3, -0.25) is 4.79 Å². The number of H-pyrrole nitrogens is 2. The van der Waals surface area contributed by atoms with Gasteiger partial charge in [-0.05, 0) is 6.07 Å². The molecule has 15 heavy (non-hydrogen) atoms. The lowest BCUT2D eigenvalue weighted by Crippen LogP contribution is -1.98. The zero-order valence-corrected chi connectivity index (χ0v) is 8.03. The fourth-order valence-electron chi connectivity index (χ4n) is 1.46. The number of hydrogen-bond donors (Lipinski definition) is 3. The summed E-state index contributed by atoms with van der Waals surface area (Å²) < 4.78 is 0. The van der Waals surface area contributed by atoms with Crippen LogP contribution in [0, 0.1) is 0 Å². The Balaban J connectivity index is 2.19. The molecule has 0 bridgehead atoms. The quantitative estimate of drug-likeness (QED) is 0.706. The van der Waals surface area contributed by atoms with E-state index >= 15 is 0 Å². The standard InChI is InChI=1S/C10H11N3O2/c14-9(15)2-1-8-10(13-6-12-8)7-3-4-11-5-7/h3-6,11H,1-2H2,(H,12,13)(H,14,15). The molecule has 2 aromatic rings. The lowest BCUT2D eigenvalue weighted by atomic mass is 10.1. The number of carboxylic acids is 1. The number of rotatable bonds is 4. The molecule has 0 fully saturated rings. The second-order valence-electron chi connectivity index (χ2n) is 3.22. The molecular weight excluding hydrogens is 194 g/mol. The summed E-state index contributed by atoms with van der Waals surface area (Å²) in [5, 5.41) is 8.59. The minimum atomic E-state index is -0.801. The van der Waals surface area contributed by atoms with Crippen LogP contribution in [0.1, 0.15) is 12.1 Å². The van der Waals surface area contributed by atoms with Crippen LogP contribution in [0.4, 0.5) is 0 Å². The van der Waals surface area contributed by atoms with Crippen molar-refractivity contribution in [3.05, 3.63) is 30.5 Å². The monoisotopic (exact) mass is 205 g/mol. The van der Waals surface area contributed by atoms with Gasteiger partial charge in [0.05, 0.1) is 18.4 Å². The Labute approximate surface area is 86.2 Å². The topological polar surface area (TPSA) is 81.8 Å². The van der Waals surface area contributed by atoms with Crippen molar-refractivity contribution in [2.45, 2.75) is 12.8 Å². The lowest BCUT2D eigenvalue weighted by molar-refractivity contribution is -0.136. The van der Waals surface area contributed by atoms with Crippen molar-refractivity contribution in [1.82, 2.24) is 15.0 Å². The molecule has 3 N–H and O–H groups in total. The maximum Gasteiger partial charge on any atom is 0.303 e. The molecule has 2 heterocycles. The number of aromatic nitrogens is 3. The van der Waals surface area contributed by atoms with Crippen LogP contribution in [0.2, 0.25) is 0 Å². The van der Waals surface area contributed by atoms with Crippen molar-refractivity contribution < 1.29 is 9.90 Å². The van der Waals surface area contributed by atoms with Crippen LogP contribution in [-0.4, -0.2) is 26.0 Å². The molecule has 5 nitrogen and oxygen atoms in total. The number of carboxylic acid groups (broad SMARTS) is 1. The summed E-state index contributed by atoms with van der Waals surface area (Å²) in [5.74, 6) is -0.801. The van der Waals surface area contributed by atoms with Gasteiger partial charge in [0.2, 0.25) is 0 Å². The second-order valence-corrected chi connectivity index (χ2v) is 3.22. The first kappa shape index (κ1) is 9.51. The van der Waals surface area contributed by atoms with E-state index in [9.17, 15) is 4.79 Å². The molecule has 5 heteroatoms. The van der Waals surface area contributed by atoms with Crippen LogP contribution in [0.3, 0.4) is 0 Å². The molecule has 2 aromatic heterocycles. The summed E-state index contributed by atoms with van der Waals surface area (Å²) in [7, 11) is 0. The lowest BCUT2D eigenvalue weighted by Gasteiger charge is -1.98. The van der Waals surface area contributed by atoms with Gasteiger partial charge in [-0.2, -0.15) is 0 Å². The zero-order chi connectivity index (χ0) is 10.7. The predicted octanol–water partition coefficient (Wildman–Crippen LogP) is 1.42.